The zero-order valence-electron chi connectivity index (χ0n) is 14.2. The van der Waals surface area contributed by atoms with Gasteiger partial charge in [-0.1, -0.05) is 49.1 Å². The third-order valence-corrected chi connectivity index (χ3v) is 5.60. The minimum atomic E-state index is -0.0534. The first-order chi connectivity index (χ1) is 12.0. The molecule has 2 nitrogen and oxygen atoms in total. The quantitative estimate of drug-likeness (QED) is 0.548. The Hall–Kier alpha value is -2.17. The first-order valence-corrected chi connectivity index (χ1v) is 9.15. The highest BCUT2D eigenvalue weighted by Crippen LogP contribution is 2.36. The lowest BCUT2D eigenvalue weighted by molar-refractivity contribution is -0.107. The van der Waals surface area contributed by atoms with Gasteiger partial charge in [0, 0.05) is 16.0 Å². The maximum Gasteiger partial charge on any atom is 0.226 e. The van der Waals surface area contributed by atoms with Gasteiger partial charge in [0.25, 0.3) is 0 Å². The van der Waals surface area contributed by atoms with Gasteiger partial charge < -0.3 is 4.74 Å². The van der Waals surface area contributed by atoms with E-state index in [0.717, 1.165) is 21.8 Å². The Labute approximate surface area is 157 Å². The molecule has 0 bridgehead atoms. The molecule has 3 rings (SSSR count). The predicted octanol–water partition coefficient (Wildman–Crippen LogP) is 5.22. The molecule has 0 unspecified atom stereocenters. The molecule has 1 aliphatic heterocycles. The van der Waals surface area contributed by atoms with E-state index in [9.17, 15) is 4.79 Å². The maximum atomic E-state index is 12.6. The van der Waals surface area contributed by atoms with Crippen LogP contribution < -0.4 is 4.74 Å². The molecule has 1 aliphatic rings. The molecule has 0 N–H and O–H groups in total. The molecule has 0 saturated carbocycles. The summed E-state index contributed by atoms with van der Waals surface area (Å²) in [4.78, 5) is 14.1. The second-order valence-corrected chi connectivity index (χ2v) is 7.28. The normalized spacial score (nSPS) is 15.6. The van der Waals surface area contributed by atoms with Gasteiger partial charge in [0.15, 0.2) is 0 Å². The molecule has 0 aliphatic carbocycles. The Kier molecular flexibility index (Phi) is 5.21. The molecular weight excluding hydrogens is 348 g/mol. The Bertz CT molecular complexity index is 910. The van der Waals surface area contributed by atoms with Gasteiger partial charge in [0.1, 0.15) is 12.4 Å². The highest BCUT2D eigenvalue weighted by atomic mass is 32.2. The molecular formula is C21H18O2S2. The number of carbonyl (C=O) groups excluding carboxylic acids is 1. The average molecular weight is 367 g/mol. The third kappa shape index (κ3) is 3.60. The minimum absolute atomic E-state index is 0.0534. The van der Waals surface area contributed by atoms with Crippen molar-refractivity contribution in [2.75, 3.05) is 6.61 Å². The van der Waals surface area contributed by atoms with Crippen LogP contribution in [0.3, 0.4) is 0 Å². The van der Waals surface area contributed by atoms with Gasteiger partial charge in [-0.3, -0.25) is 4.79 Å². The number of hydrogen-bond donors (Lipinski definition) is 0. The zero-order valence-corrected chi connectivity index (χ0v) is 15.8. The Morgan fingerprint density at radius 1 is 1.20 bits per heavy atom. The van der Waals surface area contributed by atoms with E-state index in [-0.39, 0.29) is 11.7 Å². The van der Waals surface area contributed by atoms with Crippen molar-refractivity contribution in [2.45, 2.75) is 18.7 Å². The number of ether oxygens (including phenoxy) is 1. The number of fused-ring (bicyclic) bond motifs is 1. The molecule has 0 aromatic heterocycles. The van der Waals surface area contributed by atoms with Gasteiger partial charge in [0.2, 0.25) is 5.12 Å². The summed E-state index contributed by atoms with van der Waals surface area (Å²) in [6.45, 7) is 8.21. The van der Waals surface area contributed by atoms with Crippen LogP contribution >= 0.6 is 24.0 Å². The van der Waals surface area contributed by atoms with Crippen LogP contribution in [0.4, 0.5) is 0 Å². The van der Waals surface area contributed by atoms with Crippen LogP contribution in [0.2, 0.25) is 0 Å². The van der Waals surface area contributed by atoms with E-state index in [1.807, 2.05) is 49.4 Å². The molecule has 0 saturated heterocycles. The van der Waals surface area contributed by atoms with Gasteiger partial charge >= 0.3 is 0 Å². The van der Waals surface area contributed by atoms with Gasteiger partial charge in [-0.05, 0) is 54.9 Å². The van der Waals surface area contributed by atoms with E-state index in [1.54, 1.807) is 6.08 Å². The lowest BCUT2D eigenvalue weighted by Gasteiger charge is -2.20. The average Bonchev–Trinajstić information content (AvgIpc) is 2.60. The van der Waals surface area contributed by atoms with Crippen molar-refractivity contribution in [2.24, 2.45) is 0 Å². The summed E-state index contributed by atoms with van der Waals surface area (Å²) < 4.78 is 5.88. The molecule has 0 radical (unpaired) electrons. The van der Waals surface area contributed by atoms with Crippen LogP contribution in [0.25, 0.3) is 0 Å². The number of rotatable bonds is 4. The van der Waals surface area contributed by atoms with Crippen molar-refractivity contribution in [3.8, 4) is 5.75 Å². The van der Waals surface area contributed by atoms with Crippen LogP contribution in [0.1, 0.15) is 16.7 Å². The number of thioether (sulfide) groups is 1. The SMILES string of the molecule is C=C/C(COc1ccc(C)c(C)c1)=C1/C(=O)Sc2ccccc2C1=S. The molecule has 0 amide bonds. The summed E-state index contributed by atoms with van der Waals surface area (Å²) in [5.74, 6) is 0.769. The zero-order chi connectivity index (χ0) is 18.0. The van der Waals surface area contributed by atoms with Crippen molar-refractivity contribution in [1.82, 2.24) is 0 Å². The maximum absolute atomic E-state index is 12.6. The number of hydrogen-bond acceptors (Lipinski definition) is 4. The summed E-state index contributed by atoms with van der Waals surface area (Å²) in [5, 5.41) is -0.0534. The molecule has 2 aromatic rings. The van der Waals surface area contributed by atoms with E-state index in [4.69, 9.17) is 17.0 Å². The second-order valence-electron chi connectivity index (χ2n) is 5.85. The first kappa shape index (κ1) is 17.6. The number of benzene rings is 2. The Balaban J connectivity index is 1.90. The lowest BCUT2D eigenvalue weighted by Crippen LogP contribution is -2.20. The van der Waals surface area contributed by atoms with Gasteiger partial charge in [-0.2, -0.15) is 0 Å². The minimum Gasteiger partial charge on any atom is -0.489 e. The van der Waals surface area contributed by atoms with Crippen LogP contribution in [-0.2, 0) is 4.79 Å². The van der Waals surface area contributed by atoms with E-state index in [0.29, 0.717) is 10.4 Å². The van der Waals surface area contributed by atoms with E-state index in [2.05, 4.69) is 13.5 Å². The van der Waals surface area contributed by atoms with E-state index in [1.165, 1.54) is 22.9 Å². The predicted molar refractivity (Wildman–Crippen MR) is 108 cm³/mol. The van der Waals surface area contributed by atoms with Crippen molar-refractivity contribution in [3.05, 3.63) is 83.0 Å². The molecule has 126 valence electrons. The number of thiocarbonyl (C=S) groups is 1. The highest BCUT2D eigenvalue weighted by molar-refractivity contribution is 8.14. The van der Waals surface area contributed by atoms with Crippen molar-refractivity contribution in [1.29, 1.82) is 0 Å². The van der Waals surface area contributed by atoms with Crippen LogP contribution in [-0.4, -0.2) is 16.6 Å². The summed E-state index contributed by atoms with van der Waals surface area (Å²) in [5.41, 5.74) is 4.54. The fourth-order valence-electron chi connectivity index (χ4n) is 2.60. The van der Waals surface area contributed by atoms with Crippen LogP contribution in [0.5, 0.6) is 5.75 Å². The molecule has 4 heteroatoms. The van der Waals surface area contributed by atoms with E-state index < -0.39 is 0 Å². The summed E-state index contributed by atoms with van der Waals surface area (Å²) in [6.07, 6.45) is 1.66. The van der Waals surface area contributed by atoms with Gasteiger partial charge in [0.05, 0.1) is 10.4 Å². The Morgan fingerprint density at radius 2 is 1.96 bits per heavy atom. The topological polar surface area (TPSA) is 26.3 Å². The fraction of sp³-hybridized carbons (Fsp3) is 0.143. The van der Waals surface area contributed by atoms with Crippen molar-refractivity contribution in [3.63, 3.8) is 0 Å². The van der Waals surface area contributed by atoms with Crippen LogP contribution in [0.15, 0.2) is 71.2 Å². The third-order valence-electron chi connectivity index (χ3n) is 4.21. The summed E-state index contributed by atoms with van der Waals surface area (Å²) in [6, 6.07) is 13.6. The number of aryl methyl sites for hydroxylation is 2. The molecule has 0 fully saturated rings. The van der Waals surface area contributed by atoms with Crippen molar-refractivity contribution < 1.29 is 9.53 Å². The summed E-state index contributed by atoms with van der Waals surface area (Å²) in [7, 11) is 0. The summed E-state index contributed by atoms with van der Waals surface area (Å²) >= 11 is 6.78. The highest BCUT2D eigenvalue weighted by Gasteiger charge is 2.28. The molecule has 25 heavy (non-hydrogen) atoms. The largest absolute Gasteiger partial charge is 0.489 e. The lowest BCUT2D eigenvalue weighted by atomic mass is 10.00. The van der Waals surface area contributed by atoms with Crippen molar-refractivity contribution >= 4 is 34.0 Å². The Morgan fingerprint density at radius 3 is 2.68 bits per heavy atom. The number of carbonyl (C=O) groups is 1. The smallest absolute Gasteiger partial charge is 0.226 e. The second kappa shape index (κ2) is 7.38. The molecule has 2 aromatic carbocycles. The first-order valence-electron chi connectivity index (χ1n) is 7.93. The monoisotopic (exact) mass is 366 g/mol. The van der Waals surface area contributed by atoms with Gasteiger partial charge in [-0.15, -0.1) is 0 Å². The van der Waals surface area contributed by atoms with E-state index >= 15 is 0 Å². The molecule has 1 heterocycles. The fourth-order valence-corrected chi connectivity index (χ4v) is 4.09. The molecule has 0 spiro atoms. The molecule has 0 atom stereocenters. The van der Waals surface area contributed by atoms with Gasteiger partial charge in [-0.25, -0.2) is 0 Å². The standard InChI is InChI=1S/C21H18O2S2/c1-4-15(12-23-16-10-9-13(2)14(3)11-16)19-20(24)17-7-5-6-8-18(17)25-21(19)22/h4-11H,1,12H2,2-3H3/b19-15-. The van der Waals surface area contributed by atoms with Crippen LogP contribution in [0, 0.1) is 13.8 Å².